The Balaban J connectivity index is 1.82. The maximum absolute atomic E-state index is 12.6. The lowest BCUT2D eigenvalue weighted by Crippen LogP contribution is -2.43. The normalized spacial score (nSPS) is 15.7. The van der Waals surface area contributed by atoms with Gasteiger partial charge < -0.3 is 10.6 Å². The predicted molar refractivity (Wildman–Crippen MR) is 101 cm³/mol. The predicted octanol–water partition coefficient (Wildman–Crippen LogP) is 2.96. The van der Waals surface area contributed by atoms with Crippen LogP contribution in [0.2, 0.25) is 0 Å². The van der Waals surface area contributed by atoms with Crippen molar-refractivity contribution in [1.29, 1.82) is 5.26 Å². The van der Waals surface area contributed by atoms with Gasteiger partial charge in [-0.3, -0.25) is 9.59 Å². The molecule has 1 unspecified atom stereocenters. The Hall–Kier alpha value is -2.35. The zero-order chi connectivity index (χ0) is 18.6. The molecule has 26 heavy (non-hydrogen) atoms. The summed E-state index contributed by atoms with van der Waals surface area (Å²) >= 11 is 0. The highest BCUT2D eigenvalue weighted by molar-refractivity contribution is 6.00. The Morgan fingerprint density at radius 2 is 1.77 bits per heavy atom. The van der Waals surface area contributed by atoms with E-state index in [0.717, 1.165) is 25.7 Å². The van der Waals surface area contributed by atoms with Gasteiger partial charge in [0.1, 0.15) is 12.5 Å². The molecule has 1 aliphatic carbocycles. The van der Waals surface area contributed by atoms with Crippen LogP contribution in [-0.4, -0.2) is 24.9 Å². The molecule has 2 N–H and O–H groups in total. The summed E-state index contributed by atoms with van der Waals surface area (Å²) in [6.07, 6.45) is 8.09. The quantitative estimate of drug-likeness (QED) is 0.406. The molecule has 1 aliphatic rings. The van der Waals surface area contributed by atoms with E-state index >= 15 is 0 Å². The third kappa shape index (κ3) is 6.87. The highest BCUT2D eigenvalue weighted by Crippen LogP contribution is 2.29. The van der Waals surface area contributed by atoms with E-state index in [9.17, 15) is 9.59 Å². The van der Waals surface area contributed by atoms with Crippen molar-refractivity contribution in [2.45, 2.75) is 51.4 Å². The Morgan fingerprint density at radius 3 is 2.46 bits per heavy atom. The molecule has 0 saturated heterocycles. The molecule has 0 aliphatic heterocycles. The summed E-state index contributed by atoms with van der Waals surface area (Å²) in [7, 11) is 0. The van der Waals surface area contributed by atoms with E-state index in [2.05, 4.69) is 22.8 Å². The fourth-order valence-electron chi connectivity index (χ4n) is 3.61. The van der Waals surface area contributed by atoms with Crippen LogP contribution in [0, 0.1) is 23.2 Å². The van der Waals surface area contributed by atoms with E-state index in [1.807, 2.05) is 24.3 Å². The lowest BCUT2D eigenvalue weighted by atomic mass is 9.82. The van der Waals surface area contributed by atoms with E-state index in [1.165, 1.54) is 24.8 Å². The SMILES string of the molecule is N#CCNC(=O)C(CC1CCCCC1)C(=O)NCCCc1ccccc1. The molecular formula is C21H29N3O2. The number of benzene rings is 1. The van der Waals surface area contributed by atoms with Crippen molar-refractivity contribution in [3.8, 4) is 6.07 Å². The minimum absolute atomic E-state index is 0.0543. The largest absolute Gasteiger partial charge is 0.355 e. The van der Waals surface area contributed by atoms with Gasteiger partial charge in [0.2, 0.25) is 11.8 Å². The lowest BCUT2D eigenvalue weighted by Gasteiger charge is -2.25. The van der Waals surface area contributed by atoms with E-state index < -0.39 is 5.92 Å². The van der Waals surface area contributed by atoms with Crippen LogP contribution in [-0.2, 0) is 16.0 Å². The van der Waals surface area contributed by atoms with Crippen LogP contribution in [0.5, 0.6) is 0 Å². The minimum Gasteiger partial charge on any atom is -0.355 e. The number of carbonyl (C=O) groups excluding carboxylic acids is 2. The van der Waals surface area contributed by atoms with Crippen LogP contribution in [0.4, 0.5) is 0 Å². The average molecular weight is 355 g/mol. The molecule has 1 saturated carbocycles. The van der Waals surface area contributed by atoms with Crippen LogP contribution in [0.15, 0.2) is 30.3 Å². The second-order valence-corrected chi connectivity index (χ2v) is 7.05. The number of nitrogens with one attached hydrogen (secondary N) is 2. The van der Waals surface area contributed by atoms with Gasteiger partial charge in [0.25, 0.3) is 0 Å². The molecule has 0 spiro atoms. The van der Waals surface area contributed by atoms with Gasteiger partial charge in [-0.1, -0.05) is 62.4 Å². The van der Waals surface area contributed by atoms with E-state index in [-0.39, 0.29) is 18.4 Å². The number of hydrogen-bond acceptors (Lipinski definition) is 3. The van der Waals surface area contributed by atoms with E-state index in [1.54, 1.807) is 0 Å². The number of nitriles is 1. The van der Waals surface area contributed by atoms with Gasteiger partial charge in [0.15, 0.2) is 0 Å². The summed E-state index contributed by atoms with van der Waals surface area (Å²) in [5.41, 5.74) is 1.24. The second-order valence-electron chi connectivity index (χ2n) is 7.05. The third-order valence-electron chi connectivity index (χ3n) is 5.05. The van der Waals surface area contributed by atoms with Crippen molar-refractivity contribution in [2.75, 3.05) is 13.1 Å². The van der Waals surface area contributed by atoms with Crippen LogP contribution in [0.3, 0.4) is 0 Å². The van der Waals surface area contributed by atoms with E-state index in [4.69, 9.17) is 5.26 Å². The topological polar surface area (TPSA) is 82.0 Å². The molecule has 2 amide bonds. The molecule has 1 fully saturated rings. The molecular weight excluding hydrogens is 326 g/mol. The molecule has 0 heterocycles. The van der Waals surface area contributed by atoms with Crippen LogP contribution >= 0.6 is 0 Å². The van der Waals surface area contributed by atoms with E-state index in [0.29, 0.717) is 18.9 Å². The first kappa shape index (κ1) is 20.0. The Bertz CT molecular complexity index is 603. The maximum atomic E-state index is 12.6. The van der Waals surface area contributed by atoms with Crippen LogP contribution in [0.25, 0.3) is 0 Å². The molecule has 5 heteroatoms. The van der Waals surface area contributed by atoms with Crippen molar-refractivity contribution in [3.63, 3.8) is 0 Å². The number of aryl methyl sites for hydroxylation is 1. The van der Waals surface area contributed by atoms with Gasteiger partial charge >= 0.3 is 0 Å². The van der Waals surface area contributed by atoms with Crippen molar-refractivity contribution in [3.05, 3.63) is 35.9 Å². The standard InChI is InChI=1S/C21H29N3O2/c22-13-15-24-21(26)19(16-18-10-5-2-6-11-18)20(25)23-14-7-12-17-8-3-1-4-9-17/h1,3-4,8-9,18-19H,2,5-7,10-12,14-16H2,(H,23,25)(H,24,26). The third-order valence-corrected chi connectivity index (χ3v) is 5.05. The molecule has 1 aromatic carbocycles. The van der Waals surface area contributed by atoms with Crippen LogP contribution < -0.4 is 10.6 Å². The van der Waals surface area contributed by atoms with Gasteiger partial charge in [-0.2, -0.15) is 5.26 Å². The summed E-state index contributed by atoms with van der Waals surface area (Å²) in [4.78, 5) is 24.9. The highest BCUT2D eigenvalue weighted by atomic mass is 16.2. The Kier molecular flexibility index (Phi) is 8.68. The van der Waals surface area contributed by atoms with Gasteiger partial charge in [-0.05, 0) is 30.7 Å². The highest BCUT2D eigenvalue weighted by Gasteiger charge is 2.29. The van der Waals surface area contributed by atoms with Crippen molar-refractivity contribution in [2.24, 2.45) is 11.8 Å². The molecule has 0 radical (unpaired) electrons. The van der Waals surface area contributed by atoms with Gasteiger partial charge in [-0.15, -0.1) is 0 Å². The lowest BCUT2D eigenvalue weighted by molar-refractivity contribution is -0.136. The van der Waals surface area contributed by atoms with Crippen molar-refractivity contribution < 1.29 is 9.59 Å². The molecule has 0 aromatic heterocycles. The maximum Gasteiger partial charge on any atom is 0.233 e. The summed E-state index contributed by atoms with van der Waals surface area (Å²) < 4.78 is 0. The van der Waals surface area contributed by atoms with Gasteiger partial charge in [0, 0.05) is 6.54 Å². The molecule has 5 nitrogen and oxygen atoms in total. The number of rotatable bonds is 9. The summed E-state index contributed by atoms with van der Waals surface area (Å²) in [5.74, 6) is -0.795. The monoisotopic (exact) mass is 355 g/mol. The minimum atomic E-state index is -0.692. The molecule has 1 aromatic rings. The van der Waals surface area contributed by atoms with Gasteiger partial charge in [-0.25, -0.2) is 0 Å². The number of hydrogen-bond donors (Lipinski definition) is 2. The van der Waals surface area contributed by atoms with Crippen molar-refractivity contribution in [1.82, 2.24) is 10.6 Å². The Labute approximate surface area is 156 Å². The van der Waals surface area contributed by atoms with Gasteiger partial charge in [0.05, 0.1) is 6.07 Å². The smallest absolute Gasteiger partial charge is 0.233 e. The van der Waals surface area contributed by atoms with Crippen molar-refractivity contribution >= 4 is 11.8 Å². The molecule has 2 rings (SSSR count). The summed E-state index contributed by atoms with van der Waals surface area (Å²) in [6, 6.07) is 12.1. The zero-order valence-electron chi connectivity index (χ0n) is 15.4. The number of carbonyl (C=O) groups is 2. The Morgan fingerprint density at radius 1 is 1.08 bits per heavy atom. The number of nitrogens with zero attached hydrogens (tertiary/aromatic N) is 1. The molecule has 140 valence electrons. The first-order valence-electron chi connectivity index (χ1n) is 9.67. The summed E-state index contributed by atoms with van der Waals surface area (Å²) in [6.45, 7) is 0.502. The zero-order valence-corrected chi connectivity index (χ0v) is 15.4. The molecule has 1 atom stereocenters. The van der Waals surface area contributed by atoms with Crippen LogP contribution in [0.1, 0.15) is 50.5 Å². The second kappa shape index (κ2) is 11.3. The summed E-state index contributed by atoms with van der Waals surface area (Å²) in [5, 5.41) is 14.1. The fraction of sp³-hybridized carbons (Fsp3) is 0.571. The number of amides is 2. The first-order chi connectivity index (χ1) is 12.7. The molecule has 0 bridgehead atoms. The average Bonchev–Trinajstić information content (AvgIpc) is 2.69. The fourth-order valence-corrected chi connectivity index (χ4v) is 3.61. The first-order valence-corrected chi connectivity index (χ1v) is 9.67.